The van der Waals surface area contributed by atoms with Crippen LogP contribution in [0.5, 0.6) is 0 Å². The van der Waals surface area contributed by atoms with Gasteiger partial charge in [-0.05, 0) is 189 Å². The van der Waals surface area contributed by atoms with Gasteiger partial charge >= 0.3 is 0 Å². The summed E-state index contributed by atoms with van der Waals surface area (Å²) in [7, 11) is 0. The smallest absolute Gasteiger partial charge is 0.0726 e. The molecular weight excluding hydrogens is 1130 g/mol. The van der Waals surface area contributed by atoms with Crippen LogP contribution in [0.25, 0.3) is 144 Å². The van der Waals surface area contributed by atoms with Crippen molar-refractivity contribution in [3.63, 3.8) is 0 Å². The number of nitrogens with zero attached hydrogens (tertiary/aromatic N) is 2. The highest BCUT2D eigenvalue weighted by atomic mass is 15.0. The van der Waals surface area contributed by atoms with Gasteiger partial charge in [-0.25, -0.2) is 0 Å². The summed E-state index contributed by atoms with van der Waals surface area (Å²) in [6.45, 7) is 0. The molecule has 0 fully saturated rings. The van der Waals surface area contributed by atoms with E-state index >= 15 is 0 Å². The average molecular weight is 1190 g/mol. The number of fused-ring (bicyclic) bond motifs is 28. The van der Waals surface area contributed by atoms with Gasteiger partial charge in [-0.15, -0.1) is 0 Å². The molecule has 2 heteroatoms. The molecule has 434 valence electrons. The maximum absolute atomic E-state index is 2.60. The van der Waals surface area contributed by atoms with E-state index < -0.39 is 10.8 Å². The summed E-state index contributed by atoms with van der Waals surface area (Å²) >= 11 is 0. The van der Waals surface area contributed by atoms with Crippen LogP contribution in [0.2, 0.25) is 0 Å². The Morgan fingerprint density at radius 3 is 0.926 bits per heavy atom. The van der Waals surface area contributed by atoms with Gasteiger partial charge in [0, 0.05) is 44.0 Å². The standard InChI is InChI=1S/C92H56N2/c1-4-23-57(24-5-1)62-51-63(58-25-6-2-7-26-58)53-64(52-62)59-27-22-30-66(54-59)94-86-50-44-61(56-76(86)72-46-48-84-88(90(72)94)74-36-15-21-42-82(74)92(84)79-39-18-12-33-69(79)70-34-13-19-40-80(70)92)60-43-49-85-75(55-60)71-45-47-83-87(89(71)93(85)65-28-8-3-9-29-65)73-35-14-20-41-81(73)91(83)77-37-16-10-31-67(77)68-32-11-17-38-78(68)91/h1-56H. The van der Waals surface area contributed by atoms with E-state index in [1.165, 1.54) is 166 Å². The second-order valence-corrected chi connectivity index (χ2v) is 26.1. The maximum atomic E-state index is 2.60. The Morgan fingerprint density at radius 2 is 0.500 bits per heavy atom. The molecule has 0 N–H and O–H groups in total. The van der Waals surface area contributed by atoms with E-state index in [9.17, 15) is 0 Å². The Balaban J connectivity index is 0.809. The van der Waals surface area contributed by atoms with E-state index in [0.29, 0.717) is 0 Å². The molecule has 94 heavy (non-hydrogen) atoms. The minimum atomic E-state index is -0.503. The Hall–Kier alpha value is -12.1. The van der Waals surface area contributed by atoms with Crippen molar-refractivity contribution >= 4 is 43.6 Å². The predicted octanol–water partition coefficient (Wildman–Crippen LogP) is 23.2. The lowest BCUT2D eigenvalue weighted by atomic mass is 9.70. The third-order valence-electron chi connectivity index (χ3n) is 21.7. The minimum absolute atomic E-state index is 0.458. The van der Waals surface area contributed by atoms with Gasteiger partial charge in [0.1, 0.15) is 0 Å². The maximum Gasteiger partial charge on any atom is 0.0726 e. The van der Waals surface area contributed by atoms with Crippen molar-refractivity contribution in [2.75, 3.05) is 0 Å². The van der Waals surface area contributed by atoms with Crippen LogP contribution in [-0.4, -0.2) is 9.13 Å². The van der Waals surface area contributed by atoms with Crippen LogP contribution in [0.3, 0.4) is 0 Å². The molecule has 0 bridgehead atoms. The molecule has 21 rings (SSSR count). The highest BCUT2D eigenvalue weighted by Gasteiger charge is 2.54. The largest absolute Gasteiger partial charge is 0.309 e. The first-order chi connectivity index (χ1) is 46.6. The van der Waals surface area contributed by atoms with E-state index in [0.717, 1.165) is 22.5 Å². The molecule has 2 heterocycles. The van der Waals surface area contributed by atoms with Crippen molar-refractivity contribution in [3.8, 4) is 100 Å². The summed E-state index contributed by atoms with van der Waals surface area (Å²) in [5.74, 6) is 0. The minimum Gasteiger partial charge on any atom is -0.309 e. The van der Waals surface area contributed by atoms with E-state index in [1.807, 2.05) is 0 Å². The van der Waals surface area contributed by atoms with Gasteiger partial charge in [0.15, 0.2) is 0 Å². The molecule has 0 saturated carbocycles. The van der Waals surface area contributed by atoms with Gasteiger partial charge in [-0.1, -0.05) is 273 Å². The lowest BCUT2D eigenvalue weighted by Crippen LogP contribution is -2.25. The molecule has 4 aliphatic rings. The Kier molecular flexibility index (Phi) is 10.6. The third kappa shape index (κ3) is 6.73. The SMILES string of the molecule is c1ccc(-c2cc(-c3ccccc3)cc(-c3cccc(-n4c5ccc(-c6ccc7c(c6)c6ccc8c(c6n7-c6ccccc6)-c6ccccc6C86c7ccccc7-c7ccccc76)cc5c5ccc6c(c54)-c4ccccc4C64c5ccccc5-c5ccccc54)c3)c2)cc1. The van der Waals surface area contributed by atoms with Crippen LogP contribution < -0.4 is 0 Å². The molecule has 15 aromatic carbocycles. The molecule has 0 saturated heterocycles. The quantitative estimate of drug-likeness (QED) is 0.157. The van der Waals surface area contributed by atoms with E-state index in [-0.39, 0.29) is 0 Å². The monoisotopic (exact) mass is 1190 g/mol. The summed E-state index contributed by atoms with van der Waals surface area (Å²) in [5, 5.41) is 4.91. The lowest BCUT2D eigenvalue weighted by molar-refractivity contribution is 0.794. The number of aromatic nitrogens is 2. The van der Waals surface area contributed by atoms with Gasteiger partial charge in [0.25, 0.3) is 0 Å². The number of hydrogen-bond acceptors (Lipinski definition) is 0. The molecular formula is C92H56N2. The highest BCUT2D eigenvalue weighted by molar-refractivity contribution is 6.20. The molecule has 0 atom stereocenters. The van der Waals surface area contributed by atoms with E-state index in [2.05, 4.69) is 349 Å². The molecule has 0 aliphatic heterocycles. The van der Waals surface area contributed by atoms with Crippen molar-refractivity contribution < 1.29 is 0 Å². The first-order valence-corrected chi connectivity index (χ1v) is 32.9. The van der Waals surface area contributed by atoms with Crippen molar-refractivity contribution in [1.29, 1.82) is 0 Å². The fourth-order valence-electron chi connectivity index (χ4n) is 18.0. The van der Waals surface area contributed by atoms with Crippen LogP contribution >= 0.6 is 0 Å². The number of hydrogen-bond donors (Lipinski definition) is 0. The second-order valence-electron chi connectivity index (χ2n) is 26.1. The van der Waals surface area contributed by atoms with Crippen LogP contribution in [0.1, 0.15) is 44.5 Å². The van der Waals surface area contributed by atoms with Gasteiger partial charge in [0.05, 0.1) is 32.9 Å². The zero-order valence-electron chi connectivity index (χ0n) is 51.2. The van der Waals surface area contributed by atoms with Gasteiger partial charge in [-0.2, -0.15) is 0 Å². The molecule has 2 spiro atoms. The molecule has 17 aromatic rings. The van der Waals surface area contributed by atoms with Crippen molar-refractivity contribution in [2.45, 2.75) is 10.8 Å². The average Bonchev–Trinajstić information content (AvgIpc) is 1.51. The van der Waals surface area contributed by atoms with Crippen LogP contribution in [0.4, 0.5) is 0 Å². The zero-order chi connectivity index (χ0) is 61.4. The van der Waals surface area contributed by atoms with Crippen LogP contribution in [0, 0.1) is 0 Å². The molecule has 0 unspecified atom stereocenters. The highest BCUT2D eigenvalue weighted by Crippen LogP contribution is 2.66. The Labute approximate surface area is 544 Å². The summed E-state index contributed by atoms with van der Waals surface area (Å²) < 4.78 is 5.15. The lowest BCUT2D eigenvalue weighted by Gasteiger charge is -2.30. The van der Waals surface area contributed by atoms with Gasteiger partial charge < -0.3 is 9.13 Å². The predicted molar refractivity (Wildman–Crippen MR) is 389 cm³/mol. The molecule has 0 radical (unpaired) electrons. The first-order valence-electron chi connectivity index (χ1n) is 32.9. The normalized spacial score (nSPS) is 13.7. The molecule has 0 amide bonds. The van der Waals surface area contributed by atoms with Crippen LogP contribution in [0.15, 0.2) is 340 Å². The number of benzene rings is 15. The fourth-order valence-corrected chi connectivity index (χ4v) is 18.0. The number of rotatable bonds is 6. The third-order valence-corrected chi connectivity index (χ3v) is 21.7. The van der Waals surface area contributed by atoms with Crippen LogP contribution in [-0.2, 0) is 10.8 Å². The second kappa shape index (κ2) is 19.2. The fraction of sp³-hybridized carbons (Fsp3) is 0.0217. The van der Waals surface area contributed by atoms with Gasteiger partial charge in [-0.3, -0.25) is 0 Å². The van der Waals surface area contributed by atoms with Gasteiger partial charge in [0.2, 0.25) is 0 Å². The molecule has 2 aromatic heterocycles. The molecule has 4 aliphatic carbocycles. The van der Waals surface area contributed by atoms with E-state index in [1.54, 1.807) is 0 Å². The summed E-state index contributed by atoms with van der Waals surface area (Å²) in [6.07, 6.45) is 0. The summed E-state index contributed by atoms with van der Waals surface area (Å²) in [4.78, 5) is 0. The molecule has 2 nitrogen and oxygen atoms in total. The van der Waals surface area contributed by atoms with Crippen molar-refractivity contribution in [1.82, 2.24) is 9.13 Å². The number of para-hydroxylation sites is 1. The topological polar surface area (TPSA) is 9.86 Å². The summed E-state index contributed by atoms with van der Waals surface area (Å²) in [6, 6.07) is 128. The van der Waals surface area contributed by atoms with Crippen molar-refractivity contribution in [2.24, 2.45) is 0 Å². The zero-order valence-corrected chi connectivity index (χ0v) is 51.2. The van der Waals surface area contributed by atoms with Crippen molar-refractivity contribution in [3.05, 3.63) is 384 Å². The first kappa shape index (κ1) is 51.6. The van der Waals surface area contributed by atoms with E-state index in [4.69, 9.17) is 0 Å². The Morgan fingerprint density at radius 1 is 0.181 bits per heavy atom. The summed E-state index contributed by atoms with van der Waals surface area (Å²) in [5.41, 5.74) is 36.7. The Bertz CT molecular complexity index is 5950.